The molecule has 0 spiro atoms. The molecular formula is C29H27NO6S. The second kappa shape index (κ2) is 11.8. The molecule has 7 nitrogen and oxygen atoms in total. The van der Waals surface area contributed by atoms with Gasteiger partial charge in [-0.2, -0.15) is 0 Å². The van der Waals surface area contributed by atoms with Gasteiger partial charge in [-0.15, -0.1) is 0 Å². The highest BCUT2D eigenvalue weighted by atomic mass is 32.2. The minimum absolute atomic E-state index is 0.147. The Hall–Kier alpha value is -4.04. The monoisotopic (exact) mass is 517 g/mol. The van der Waals surface area contributed by atoms with Crippen LogP contribution in [0.5, 0.6) is 17.2 Å². The third-order valence-corrected chi connectivity index (χ3v) is 6.47. The maximum absolute atomic E-state index is 12.9. The number of imide groups is 1. The number of rotatable bonds is 9. The van der Waals surface area contributed by atoms with Gasteiger partial charge < -0.3 is 14.2 Å². The highest BCUT2D eigenvalue weighted by molar-refractivity contribution is 8.18. The molecule has 0 aromatic heterocycles. The van der Waals surface area contributed by atoms with E-state index in [0.717, 1.165) is 28.6 Å². The van der Waals surface area contributed by atoms with E-state index in [2.05, 4.69) is 0 Å². The van der Waals surface area contributed by atoms with E-state index in [4.69, 9.17) is 14.2 Å². The molecule has 37 heavy (non-hydrogen) atoms. The summed E-state index contributed by atoms with van der Waals surface area (Å²) in [4.78, 5) is 39.4. The molecule has 0 N–H and O–H groups in total. The predicted molar refractivity (Wildman–Crippen MR) is 143 cm³/mol. The summed E-state index contributed by atoms with van der Waals surface area (Å²) < 4.78 is 17.0. The Morgan fingerprint density at radius 2 is 1.70 bits per heavy atom. The molecule has 0 unspecified atom stereocenters. The molecule has 3 aromatic rings. The SMILES string of the molecule is CCOc1cc(/C=C2\SC(=O)N(CCOc3cc(C)ccc3C)C2=O)ccc1OC(=O)c1ccccc1. The van der Waals surface area contributed by atoms with Crippen LogP contribution in [0.3, 0.4) is 0 Å². The van der Waals surface area contributed by atoms with Crippen molar-refractivity contribution in [1.29, 1.82) is 0 Å². The molecule has 190 valence electrons. The van der Waals surface area contributed by atoms with Crippen molar-refractivity contribution in [3.8, 4) is 17.2 Å². The van der Waals surface area contributed by atoms with Gasteiger partial charge in [0.1, 0.15) is 12.4 Å². The summed E-state index contributed by atoms with van der Waals surface area (Å²) in [6.07, 6.45) is 1.63. The molecule has 0 atom stereocenters. The first-order valence-corrected chi connectivity index (χ1v) is 12.7. The first kappa shape index (κ1) is 26.0. The lowest BCUT2D eigenvalue weighted by atomic mass is 10.1. The van der Waals surface area contributed by atoms with E-state index < -0.39 is 5.97 Å². The van der Waals surface area contributed by atoms with Gasteiger partial charge in [-0.1, -0.05) is 36.4 Å². The van der Waals surface area contributed by atoms with E-state index in [9.17, 15) is 14.4 Å². The van der Waals surface area contributed by atoms with Crippen LogP contribution < -0.4 is 14.2 Å². The number of thioether (sulfide) groups is 1. The lowest BCUT2D eigenvalue weighted by Crippen LogP contribution is -2.32. The first-order chi connectivity index (χ1) is 17.9. The summed E-state index contributed by atoms with van der Waals surface area (Å²) in [5.74, 6) is 0.487. The summed E-state index contributed by atoms with van der Waals surface area (Å²) in [5, 5.41) is -0.348. The van der Waals surface area contributed by atoms with Gasteiger partial charge >= 0.3 is 5.97 Å². The lowest BCUT2D eigenvalue weighted by Gasteiger charge is -2.14. The molecule has 0 radical (unpaired) electrons. The quantitative estimate of drug-likeness (QED) is 0.195. The summed E-state index contributed by atoms with van der Waals surface area (Å²) in [6.45, 7) is 6.45. The van der Waals surface area contributed by atoms with Crippen molar-refractivity contribution in [2.24, 2.45) is 0 Å². The molecule has 1 aliphatic rings. The van der Waals surface area contributed by atoms with Crippen LogP contribution in [0.4, 0.5) is 4.79 Å². The van der Waals surface area contributed by atoms with Crippen molar-refractivity contribution < 1.29 is 28.6 Å². The molecule has 1 heterocycles. The largest absolute Gasteiger partial charge is 0.491 e. The van der Waals surface area contributed by atoms with Crippen molar-refractivity contribution in [2.45, 2.75) is 20.8 Å². The number of ether oxygens (including phenoxy) is 3. The number of carbonyl (C=O) groups is 3. The maximum Gasteiger partial charge on any atom is 0.343 e. The van der Waals surface area contributed by atoms with Crippen LogP contribution in [0.15, 0.2) is 71.6 Å². The summed E-state index contributed by atoms with van der Waals surface area (Å²) >= 11 is 0.877. The van der Waals surface area contributed by atoms with Gasteiger partial charge in [-0.25, -0.2) is 4.79 Å². The van der Waals surface area contributed by atoms with Crippen LogP contribution in [0.25, 0.3) is 6.08 Å². The van der Waals surface area contributed by atoms with E-state index in [1.54, 1.807) is 48.5 Å². The van der Waals surface area contributed by atoms with Crippen LogP contribution in [0, 0.1) is 13.8 Å². The Morgan fingerprint density at radius 1 is 0.919 bits per heavy atom. The Bertz CT molecular complexity index is 1350. The third-order valence-electron chi connectivity index (χ3n) is 5.57. The minimum atomic E-state index is -0.501. The van der Waals surface area contributed by atoms with E-state index in [1.165, 1.54) is 4.90 Å². The number of nitrogens with zero attached hydrogens (tertiary/aromatic N) is 1. The van der Waals surface area contributed by atoms with Crippen molar-refractivity contribution >= 4 is 35.0 Å². The predicted octanol–water partition coefficient (Wildman–Crippen LogP) is 6.04. The topological polar surface area (TPSA) is 82.1 Å². The number of aryl methyl sites for hydroxylation is 2. The van der Waals surface area contributed by atoms with Gasteiger partial charge in [-0.05, 0) is 85.6 Å². The van der Waals surface area contributed by atoms with E-state index in [0.29, 0.717) is 28.4 Å². The van der Waals surface area contributed by atoms with Gasteiger partial charge in [0.25, 0.3) is 11.1 Å². The van der Waals surface area contributed by atoms with Crippen molar-refractivity contribution in [3.05, 3.63) is 93.9 Å². The van der Waals surface area contributed by atoms with Crippen molar-refractivity contribution in [2.75, 3.05) is 19.8 Å². The van der Waals surface area contributed by atoms with E-state index in [1.807, 2.05) is 45.0 Å². The number of hydrogen-bond acceptors (Lipinski definition) is 7. The standard InChI is InChI=1S/C29H27NO6S/c1-4-34-25-17-21(12-13-23(25)36-28(32)22-8-6-5-7-9-22)18-26-27(31)30(29(33)37-26)14-15-35-24-16-19(2)10-11-20(24)3/h5-13,16-18H,4,14-15H2,1-3H3/b26-18-. The zero-order valence-electron chi connectivity index (χ0n) is 20.9. The van der Waals surface area contributed by atoms with Crippen LogP contribution in [-0.2, 0) is 4.79 Å². The summed E-state index contributed by atoms with van der Waals surface area (Å²) in [6, 6.07) is 19.6. The van der Waals surface area contributed by atoms with Crippen LogP contribution in [0.2, 0.25) is 0 Å². The Labute approximate surface area is 220 Å². The third kappa shape index (κ3) is 6.40. The molecule has 2 amide bonds. The van der Waals surface area contributed by atoms with Gasteiger partial charge in [0.15, 0.2) is 11.5 Å². The number of hydrogen-bond donors (Lipinski definition) is 0. The number of carbonyl (C=O) groups excluding carboxylic acids is 3. The molecule has 0 saturated carbocycles. The molecule has 1 aliphatic heterocycles. The second-order valence-electron chi connectivity index (χ2n) is 8.35. The molecule has 1 saturated heterocycles. The molecule has 0 aliphatic carbocycles. The average Bonchev–Trinajstić information content (AvgIpc) is 3.15. The second-order valence-corrected chi connectivity index (χ2v) is 9.34. The average molecular weight is 518 g/mol. The first-order valence-electron chi connectivity index (χ1n) is 11.8. The molecule has 3 aromatic carbocycles. The van der Waals surface area contributed by atoms with Crippen LogP contribution >= 0.6 is 11.8 Å². The maximum atomic E-state index is 12.9. The highest BCUT2D eigenvalue weighted by Gasteiger charge is 2.35. The smallest absolute Gasteiger partial charge is 0.343 e. The number of benzene rings is 3. The molecule has 4 rings (SSSR count). The Balaban J connectivity index is 1.45. The zero-order valence-corrected chi connectivity index (χ0v) is 21.7. The lowest BCUT2D eigenvalue weighted by molar-refractivity contribution is -0.123. The summed E-state index contributed by atoms with van der Waals surface area (Å²) in [5.41, 5.74) is 3.12. The van der Waals surface area contributed by atoms with Crippen LogP contribution in [-0.4, -0.2) is 41.8 Å². The van der Waals surface area contributed by atoms with Gasteiger partial charge in [0.05, 0.1) is 23.6 Å². The molecular weight excluding hydrogens is 490 g/mol. The van der Waals surface area contributed by atoms with Crippen molar-refractivity contribution in [1.82, 2.24) is 4.90 Å². The Kier molecular flexibility index (Phi) is 8.30. The van der Waals surface area contributed by atoms with Crippen LogP contribution in [0.1, 0.15) is 34.0 Å². The fourth-order valence-corrected chi connectivity index (χ4v) is 4.52. The minimum Gasteiger partial charge on any atom is -0.491 e. The van der Waals surface area contributed by atoms with Crippen molar-refractivity contribution in [3.63, 3.8) is 0 Å². The van der Waals surface area contributed by atoms with Gasteiger partial charge in [0.2, 0.25) is 0 Å². The normalized spacial score (nSPS) is 14.2. The summed E-state index contributed by atoms with van der Waals surface area (Å²) in [7, 11) is 0. The van der Waals surface area contributed by atoms with E-state index in [-0.39, 0.29) is 30.0 Å². The molecule has 0 bridgehead atoms. The fraction of sp³-hybridized carbons (Fsp3) is 0.207. The molecule has 1 fully saturated rings. The fourth-order valence-electron chi connectivity index (χ4n) is 3.65. The molecule has 8 heteroatoms. The number of esters is 1. The highest BCUT2D eigenvalue weighted by Crippen LogP contribution is 2.35. The zero-order chi connectivity index (χ0) is 26.4. The number of amides is 2. The van der Waals surface area contributed by atoms with Gasteiger partial charge in [0, 0.05) is 0 Å². The van der Waals surface area contributed by atoms with E-state index >= 15 is 0 Å². The van der Waals surface area contributed by atoms with Gasteiger partial charge in [-0.3, -0.25) is 14.5 Å². The Morgan fingerprint density at radius 3 is 2.46 bits per heavy atom.